The predicted octanol–water partition coefficient (Wildman–Crippen LogP) is 2.25. The number of nitrogens with zero attached hydrogens (tertiary/aromatic N) is 1. The second kappa shape index (κ2) is 5.38. The molecular weight excluding hydrogens is 252 g/mol. The highest BCUT2D eigenvalue weighted by atomic mass is 16.5. The quantitative estimate of drug-likeness (QED) is 0.899. The van der Waals surface area contributed by atoms with Crippen LogP contribution in [0.25, 0.3) is 10.9 Å². The van der Waals surface area contributed by atoms with Crippen LogP contribution in [0.1, 0.15) is 25.7 Å². The molecule has 3 N–H and O–H groups in total. The molecule has 0 saturated heterocycles. The van der Waals surface area contributed by atoms with Crippen molar-refractivity contribution < 1.29 is 9.84 Å². The van der Waals surface area contributed by atoms with E-state index in [9.17, 15) is 5.11 Å². The molecule has 0 bridgehead atoms. The SMILES string of the molecule is NC1(CO)CCCC(Oc2cccc3cccnc23)C1. The molecule has 2 atom stereocenters. The van der Waals surface area contributed by atoms with E-state index in [1.807, 2.05) is 30.3 Å². The van der Waals surface area contributed by atoms with Crippen LogP contribution >= 0.6 is 0 Å². The molecule has 2 aromatic rings. The highest BCUT2D eigenvalue weighted by Crippen LogP contribution is 2.31. The number of aliphatic hydroxyl groups excluding tert-OH is 1. The fourth-order valence-electron chi connectivity index (χ4n) is 2.93. The zero-order valence-electron chi connectivity index (χ0n) is 11.5. The Hall–Kier alpha value is -1.65. The van der Waals surface area contributed by atoms with E-state index in [1.54, 1.807) is 6.20 Å². The number of para-hydroxylation sites is 1. The van der Waals surface area contributed by atoms with E-state index in [4.69, 9.17) is 10.5 Å². The van der Waals surface area contributed by atoms with Crippen molar-refractivity contribution in [2.45, 2.75) is 37.3 Å². The molecular formula is C16H20N2O2. The maximum Gasteiger partial charge on any atom is 0.145 e. The molecule has 3 rings (SSSR count). The van der Waals surface area contributed by atoms with E-state index in [2.05, 4.69) is 4.98 Å². The Morgan fingerprint density at radius 1 is 1.35 bits per heavy atom. The number of aromatic nitrogens is 1. The molecule has 1 aromatic carbocycles. The van der Waals surface area contributed by atoms with Gasteiger partial charge in [0.1, 0.15) is 17.4 Å². The summed E-state index contributed by atoms with van der Waals surface area (Å²) < 4.78 is 6.11. The Morgan fingerprint density at radius 2 is 2.20 bits per heavy atom. The molecule has 1 saturated carbocycles. The summed E-state index contributed by atoms with van der Waals surface area (Å²) >= 11 is 0. The minimum absolute atomic E-state index is 0.0145. The lowest BCUT2D eigenvalue weighted by atomic mass is 9.81. The van der Waals surface area contributed by atoms with Crippen LogP contribution in [0.3, 0.4) is 0 Å². The molecule has 1 aliphatic rings. The molecule has 4 heteroatoms. The molecule has 0 spiro atoms. The van der Waals surface area contributed by atoms with Crippen LogP contribution in [-0.2, 0) is 0 Å². The third-order valence-electron chi connectivity index (χ3n) is 4.04. The summed E-state index contributed by atoms with van der Waals surface area (Å²) in [6.07, 6.45) is 5.33. The number of rotatable bonds is 3. The van der Waals surface area contributed by atoms with Crippen LogP contribution < -0.4 is 10.5 Å². The van der Waals surface area contributed by atoms with Gasteiger partial charge in [0.15, 0.2) is 0 Å². The fraction of sp³-hybridized carbons (Fsp3) is 0.438. The van der Waals surface area contributed by atoms with Gasteiger partial charge in [0.05, 0.1) is 6.61 Å². The topological polar surface area (TPSA) is 68.4 Å². The van der Waals surface area contributed by atoms with Crippen molar-refractivity contribution in [2.24, 2.45) is 5.73 Å². The molecule has 0 aliphatic heterocycles. The molecule has 0 radical (unpaired) electrons. The van der Waals surface area contributed by atoms with Gasteiger partial charge < -0.3 is 15.6 Å². The number of benzene rings is 1. The summed E-state index contributed by atoms with van der Waals surface area (Å²) in [6.45, 7) is 0.0145. The van der Waals surface area contributed by atoms with Crippen molar-refractivity contribution in [1.82, 2.24) is 4.98 Å². The van der Waals surface area contributed by atoms with Gasteiger partial charge in [-0.05, 0) is 31.4 Å². The van der Waals surface area contributed by atoms with Crippen LogP contribution in [-0.4, -0.2) is 28.3 Å². The number of hydrogen-bond acceptors (Lipinski definition) is 4. The molecule has 106 valence electrons. The summed E-state index contributed by atoms with van der Waals surface area (Å²) in [7, 11) is 0. The van der Waals surface area contributed by atoms with Crippen molar-refractivity contribution in [1.29, 1.82) is 0 Å². The number of pyridine rings is 1. The monoisotopic (exact) mass is 272 g/mol. The molecule has 4 nitrogen and oxygen atoms in total. The third kappa shape index (κ3) is 2.62. The van der Waals surface area contributed by atoms with Crippen LogP contribution in [0.4, 0.5) is 0 Å². The minimum atomic E-state index is -0.499. The van der Waals surface area contributed by atoms with Gasteiger partial charge in [0, 0.05) is 23.5 Å². The number of ether oxygens (including phenoxy) is 1. The number of hydrogen-bond donors (Lipinski definition) is 2. The number of aliphatic hydroxyl groups is 1. The van der Waals surface area contributed by atoms with E-state index in [1.165, 1.54) is 0 Å². The summed E-state index contributed by atoms with van der Waals surface area (Å²) in [5.41, 5.74) is 6.55. The van der Waals surface area contributed by atoms with Crippen LogP contribution in [0.2, 0.25) is 0 Å². The van der Waals surface area contributed by atoms with E-state index in [0.717, 1.165) is 35.9 Å². The first kappa shape index (κ1) is 13.3. The lowest BCUT2D eigenvalue weighted by molar-refractivity contribution is 0.0737. The zero-order chi connectivity index (χ0) is 14.0. The van der Waals surface area contributed by atoms with Gasteiger partial charge in [-0.25, -0.2) is 0 Å². The molecule has 1 aromatic heterocycles. The molecule has 1 aliphatic carbocycles. The Morgan fingerprint density at radius 3 is 3.05 bits per heavy atom. The molecule has 0 amide bonds. The van der Waals surface area contributed by atoms with Crippen molar-refractivity contribution in [3.05, 3.63) is 36.5 Å². The predicted molar refractivity (Wildman–Crippen MR) is 78.6 cm³/mol. The first-order chi connectivity index (χ1) is 9.70. The van der Waals surface area contributed by atoms with E-state index in [-0.39, 0.29) is 12.7 Å². The smallest absolute Gasteiger partial charge is 0.145 e. The molecule has 20 heavy (non-hydrogen) atoms. The lowest BCUT2D eigenvalue weighted by Crippen LogP contribution is -2.50. The normalized spacial score (nSPS) is 26.6. The third-order valence-corrected chi connectivity index (χ3v) is 4.04. The van der Waals surface area contributed by atoms with Crippen LogP contribution in [0.5, 0.6) is 5.75 Å². The van der Waals surface area contributed by atoms with Gasteiger partial charge in [0.2, 0.25) is 0 Å². The van der Waals surface area contributed by atoms with Gasteiger partial charge in [-0.3, -0.25) is 4.98 Å². The first-order valence-corrected chi connectivity index (χ1v) is 7.10. The first-order valence-electron chi connectivity index (χ1n) is 7.10. The van der Waals surface area contributed by atoms with E-state index in [0.29, 0.717) is 6.42 Å². The van der Waals surface area contributed by atoms with Crippen LogP contribution in [0.15, 0.2) is 36.5 Å². The second-order valence-corrected chi connectivity index (χ2v) is 5.69. The fourth-order valence-corrected chi connectivity index (χ4v) is 2.93. The van der Waals surface area contributed by atoms with Gasteiger partial charge in [0.25, 0.3) is 0 Å². The number of fused-ring (bicyclic) bond motifs is 1. The minimum Gasteiger partial charge on any atom is -0.488 e. The molecule has 1 fully saturated rings. The largest absolute Gasteiger partial charge is 0.488 e. The summed E-state index contributed by atoms with van der Waals surface area (Å²) in [5, 5.41) is 10.5. The van der Waals surface area contributed by atoms with Crippen molar-refractivity contribution in [3.63, 3.8) is 0 Å². The Balaban J connectivity index is 1.83. The molecule has 2 unspecified atom stereocenters. The van der Waals surface area contributed by atoms with Crippen molar-refractivity contribution in [2.75, 3.05) is 6.61 Å². The highest BCUT2D eigenvalue weighted by Gasteiger charge is 2.33. The lowest BCUT2D eigenvalue weighted by Gasteiger charge is -2.36. The summed E-state index contributed by atoms with van der Waals surface area (Å²) in [6, 6.07) is 9.89. The van der Waals surface area contributed by atoms with Crippen molar-refractivity contribution in [3.8, 4) is 5.75 Å². The van der Waals surface area contributed by atoms with E-state index < -0.39 is 5.54 Å². The Bertz CT molecular complexity index is 597. The van der Waals surface area contributed by atoms with Gasteiger partial charge in [-0.1, -0.05) is 18.2 Å². The molecule has 1 heterocycles. The Labute approximate surface area is 118 Å². The van der Waals surface area contributed by atoms with E-state index >= 15 is 0 Å². The maximum absolute atomic E-state index is 9.41. The van der Waals surface area contributed by atoms with Crippen LogP contribution in [0, 0.1) is 0 Å². The maximum atomic E-state index is 9.41. The standard InChI is InChI=1S/C16H20N2O2/c17-16(11-19)8-2-6-13(10-16)20-14-7-1-4-12-5-3-9-18-15(12)14/h1,3-5,7,9,13,19H,2,6,8,10-11,17H2. The summed E-state index contributed by atoms with van der Waals surface area (Å²) in [5.74, 6) is 0.801. The van der Waals surface area contributed by atoms with Gasteiger partial charge >= 0.3 is 0 Å². The number of nitrogens with two attached hydrogens (primary N) is 1. The second-order valence-electron chi connectivity index (χ2n) is 5.69. The Kier molecular flexibility index (Phi) is 3.59. The highest BCUT2D eigenvalue weighted by molar-refractivity contribution is 5.84. The zero-order valence-corrected chi connectivity index (χ0v) is 11.5. The average Bonchev–Trinajstić information content (AvgIpc) is 2.48. The average molecular weight is 272 g/mol. The summed E-state index contributed by atoms with van der Waals surface area (Å²) in [4.78, 5) is 4.40. The van der Waals surface area contributed by atoms with Crippen molar-refractivity contribution >= 4 is 10.9 Å². The van der Waals surface area contributed by atoms with Gasteiger partial charge in [-0.2, -0.15) is 0 Å². The van der Waals surface area contributed by atoms with Gasteiger partial charge in [-0.15, -0.1) is 0 Å².